The first-order valence-corrected chi connectivity index (χ1v) is 9.64. The van der Waals surface area contributed by atoms with Crippen molar-refractivity contribution in [3.8, 4) is 5.75 Å². The minimum atomic E-state index is -3.90. The summed E-state index contributed by atoms with van der Waals surface area (Å²) in [4.78, 5) is 13.9. The molecule has 0 aliphatic carbocycles. The molecule has 0 radical (unpaired) electrons. The number of nitrogens with zero attached hydrogens (tertiary/aromatic N) is 2. The van der Waals surface area contributed by atoms with Crippen molar-refractivity contribution in [1.82, 2.24) is 9.21 Å². The highest BCUT2D eigenvalue weighted by atomic mass is 32.2. The molecule has 0 spiro atoms. The van der Waals surface area contributed by atoms with Gasteiger partial charge in [-0.1, -0.05) is 20.8 Å². The first-order chi connectivity index (χ1) is 11.6. The second kappa shape index (κ2) is 7.29. The zero-order chi connectivity index (χ0) is 18.8. The predicted octanol–water partition coefficient (Wildman–Crippen LogP) is 2.10. The van der Waals surface area contributed by atoms with Crippen LogP contribution in [0.3, 0.4) is 0 Å². The van der Waals surface area contributed by atoms with Gasteiger partial charge in [0.25, 0.3) is 0 Å². The van der Waals surface area contributed by atoms with Crippen molar-refractivity contribution in [2.24, 2.45) is 5.41 Å². The van der Waals surface area contributed by atoms with Crippen LogP contribution in [0.1, 0.15) is 27.2 Å². The number of benzene rings is 1. The number of rotatable bonds is 3. The standard InChI is InChI=1S/C17H25FN2O4S/c1-17(2,3)16(21)19-8-5-9-20(11-10-19)25(22,23)15-12-13(18)6-7-14(15)24-4/h6-7,12H,5,8-11H2,1-4H3. The van der Waals surface area contributed by atoms with Crippen LogP contribution in [-0.2, 0) is 14.8 Å². The molecule has 1 saturated heterocycles. The lowest BCUT2D eigenvalue weighted by molar-refractivity contribution is -0.139. The van der Waals surface area contributed by atoms with Crippen LogP contribution in [0, 0.1) is 11.2 Å². The Bertz CT molecular complexity index is 744. The number of hydrogen-bond acceptors (Lipinski definition) is 4. The van der Waals surface area contributed by atoms with Crippen LogP contribution in [0.5, 0.6) is 5.75 Å². The third-order valence-corrected chi connectivity index (χ3v) is 6.05. The van der Waals surface area contributed by atoms with E-state index in [1.807, 2.05) is 20.8 Å². The summed E-state index contributed by atoms with van der Waals surface area (Å²) in [6.45, 7) is 6.78. The first-order valence-electron chi connectivity index (χ1n) is 8.20. The van der Waals surface area contributed by atoms with Crippen LogP contribution in [0.2, 0.25) is 0 Å². The number of hydrogen-bond donors (Lipinski definition) is 0. The Kier molecular flexibility index (Phi) is 5.73. The second-order valence-electron chi connectivity index (χ2n) is 7.10. The largest absolute Gasteiger partial charge is 0.495 e. The molecular weight excluding hydrogens is 347 g/mol. The molecule has 0 bridgehead atoms. The van der Waals surface area contributed by atoms with Gasteiger partial charge in [-0.05, 0) is 24.6 Å². The summed E-state index contributed by atoms with van der Waals surface area (Å²) in [7, 11) is -2.56. The Labute approximate surface area is 148 Å². The maximum atomic E-state index is 13.6. The van der Waals surface area contributed by atoms with Gasteiger partial charge in [0.2, 0.25) is 15.9 Å². The summed E-state index contributed by atoms with van der Waals surface area (Å²) in [6, 6.07) is 3.43. The van der Waals surface area contributed by atoms with Crippen molar-refractivity contribution in [3.63, 3.8) is 0 Å². The number of carbonyl (C=O) groups is 1. The summed E-state index contributed by atoms with van der Waals surface area (Å²) in [5.41, 5.74) is -0.514. The molecule has 6 nitrogen and oxygen atoms in total. The number of carbonyl (C=O) groups excluding carboxylic acids is 1. The van der Waals surface area contributed by atoms with Crippen LogP contribution in [0.25, 0.3) is 0 Å². The molecule has 0 aromatic heterocycles. The van der Waals surface area contributed by atoms with Gasteiger partial charge < -0.3 is 9.64 Å². The van der Waals surface area contributed by atoms with E-state index in [9.17, 15) is 17.6 Å². The normalized spacial score (nSPS) is 17.2. The summed E-state index contributed by atoms with van der Waals surface area (Å²) >= 11 is 0. The highest BCUT2D eigenvalue weighted by Crippen LogP contribution is 2.28. The van der Waals surface area contributed by atoms with Gasteiger partial charge in [-0.2, -0.15) is 4.31 Å². The van der Waals surface area contributed by atoms with E-state index in [0.29, 0.717) is 19.5 Å². The van der Waals surface area contributed by atoms with Crippen molar-refractivity contribution in [1.29, 1.82) is 0 Å². The van der Waals surface area contributed by atoms with Crippen LogP contribution in [-0.4, -0.2) is 56.8 Å². The van der Waals surface area contributed by atoms with Gasteiger partial charge in [0, 0.05) is 31.6 Å². The van der Waals surface area contributed by atoms with E-state index < -0.39 is 21.3 Å². The minimum absolute atomic E-state index is 0.00455. The minimum Gasteiger partial charge on any atom is -0.495 e. The van der Waals surface area contributed by atoms with E-state index in [1.165, 1.54) is 17.5 Å². The van der Waals surface area contributed by atoms with Gasteiger partial charge in [-0.15, -0.1) is 0 Å². The predicted molar refractivity (Wildman–Crippen MR) is 92.4 cm³/mol. The highest BCUT2D eigenvalue weighted by molar-refractivity contribution is 7.89. The number of ether oxygens (including phenoxy) is 1. The van der Waals surface area contributed by atoms with Crippen LogP contribution >= 0.6 is 0 Å². The van der Waals surface area contributed by atoms with Gasteiger partial charge in [-0.25, -0.2) is 12.8 Å². The molecule has 0 N–H and O–H groups in total. The van der Waals surface area contributed by atoms with Crippen molar-refractivity contribution in [2.75, 3.05) is 33.3 Å². The number of methoxy groups -OCH3 is 1. The summed E-state index contributed by atoms with van der Waals surface area (Å²) in [6.07, 6.45) is 0.526. The molecule has 0 atom stereocenters. The Morgan fingerprint density at radius 3 is 2.44 bits per heavy atom. The van der Waals surface area contributed by atoms with Crippen LogP contribution in [0.15, 0.2) is 23.1 Å². The van der Waals surface area contributed by atoms with Gasteiger partial charge in [0.15, 0.2) is 0 Å². The summed E-state index contributed by atoms with van der Waals surface area (Å²) in [5, 5.41) is 0. The van der Waals surface area contributed by atoms with Crippen LogP contribution < -0.4 is 4.74 Å². The third kappa shape index (κ3) is 4.30. The molecule has 1 amide bonds. The molecule has 1 aliphatic rings. The maximum absolute atomic E-state index is 13.6. The van der Waals surface area contributed by atoms with E-state index in [0.717, 1.165) is 12.1 Å². The van der Waals surface area contributed by atoms with Gasteiger partial charge >= 0.3 is 0 Å². The summed E-state index contributed by atoms with van der Waals surface area (Å²) < 4.78 is 45.8. The molecule has 2 rings (SSSR count). The lowest BCUT2D eigenvalue weighted by atomic mass is 9.94. The Morgan fingerprint density at radius 2 is 1.84 bits per heavy atom. The number of sulfonamides is 1. The molecule has 25 heavy (non-hydrogen) atoms. The van der Waals surface area contributed by atoms with E-state index >= 15 is 0 Å². The smallest absolute Gasteiger partial charge is 0.246 e. The van der Waals surface area contributed by atoms with Crippen molar-refractivity contribution >= 4 is 15.9 Å². The average molecular weight is 372 g/mol. The molecule has 0 unspecified atom stereocenters. The number of halogens is 1. The van der Waals surface area contributed by atoms with Gasteiger partial charge in [-0.3, -0.25) is 4.79 Å². The van der Waals surface area contributed by atoms with Crippen molar-refractivity contribution in [2.45, 2.75) is 32.1 Å². The SMILES string of the molecule is COc1ccc(F)cc1S(=O)(=O)N1CCCN(C(=O)C(C)(C)C)CC1. The fourth-order valence-electron chi connectivity index (χ4n) is 2.80. The Hall–Kier alpha value is -1.67. The van der Waals surface area contributed by atoms with Gasteiger partial charge in [0.05, 0.1) is 7.11 Å². The first kappa shape index (κ1) is 19.7. The quantitative estimate of drug-likeness (QED) is 0.815. The lowest BCUT2D eigenvalue weighted by Gasteiger charge is -2.28. The molecule has 140 valence electrons. The molecule has 0 saturated carbocycles. The zero-order valence-electron chi connectivity index (χ0n) is 15.1. The van der Waals surface area contributed by atoms with E-state index in [-0.39, 0.29) is 29.6 Å². The van der Waals surface area contributed by atoms with Crippen LogP contribution in [0.4, 0.5) is 4.39 Å². The monoisotopic (exact) mass is 372 g/mol. The lowest BCUT2D eigenvalue weighted by Crippen LogP contribution is -2.42. The molecule has 1 aromatic carbocycles. The number of amides is 1. The summed E-state index contributed by atoms with van der Waals surface area (Å²) in [5.74, 6) is -0.540. The Morgan fingerprint density at radius 1 is 1.16 bits per heavy atom. The fourth-order valence-corrected chi connectivity index (χ4v) is 4.44. The van der Waals surface area contributed by atoms with Gasteiger partial charge in [0.1, 0.15) is 16.5 Å². The highest BCUT2D eigenvalue weighted by Gasteiger charge is 2.33. The van der Waals surface area contributed by atoms with E-state index in [2.05, 4.69) is 0 Å². The molecule has 1 heterocycles. The topological polar surface area (TPSA) is 66.9 Å². The molecule has 1 fully saturated rings. The molecule has 1 aromatic rings. The second-order valence-corrected chi connectivity index (χ2v) is 9.00. The van der Waals surface area contributed by atoms with Crippen molar-refractivity contribution in [3.05, 3.63) is 24.0 Å². The Balaban J connectivity index is 2.25. The zero-order valence-corrected chi connectivity index (χ0v) is 15.9. The fraction of sp³-hybridized carbons (Fsp3) is 0.588. The molecular formula is C17H25FN2O4S. The van der Waals surface area contributed by atoms with E-state index in [4.69, 9.17) is 4.74 Å². The molecule has 8 heteroatoms. The average Bonchev–Trinajstić information content (AvgIpc) is 2.79. The van der Waals surface area contributed by atoms with Crippen molar-refractivity contribution < 1.29 is 22.3 Å². The third-order valence-electron chi connectivity index (χ3n) is 4.13. The maximum Gasteiger partial charge on any atom is 0.246 e. The van der Waals surface area contributed by atoms with E-state index in [1.54, 1.807) is 4.90 Å². The molecule has 1 aliphatic heterocycles.